The molecule has 0 saturated heterocycles. The molecule has 19 heavy (non-hydrogen) atoms. The summed E-state index contributed by atoms with van der Waals surface area (Å²) >= 11 is 0. The first kappa shape index (κ1) is 13.7. The lowest BCUT2D eigenvalue weighted by atomic mass is 9.70. The van der Waals surface area contributed by atoms with E-state index in [2.05, 4.69) is 4.98 Å². The smallest absolute Gasteiger partial charge is 0.172 e. The summed E-state index contributed by atoms with van der Waals surface area (Å²) in [5.41, 5.74) is 6.29. The molecule has 0 radical (unpaired) electrons. The topological polar surface area (TPSA) is 56.0 Å². The Morgan fingerprint density at radius 2 is 1.74 bits per heavy atom. The van der Waals surface area contributed by atoms with Crippen molar-refractivity contribution in [2.75, 3.05) is 0 Å². The van der Waals surface area contributed by atoms with Crippen molar-refractivity contribution in [3.05, 3.63) is 42.1 Å². The number of benzene rings is 1. The second kappa shape index (κ2) is 4.42. The largest absolute Gasteiger partial charge is 0.325 e. The van der Waals surface area contributed by atoms with Gasteiger partial charge < -0.3 is 5.73 Å². The van der Waals surface area contributed by atoms with Crippen molar-refractivity contribution in [2.24, 2.45) is 11.1 Å². The summed E-state index contributed by atoms with van der Waals surface area (Å²) in [6, 6.07) is 9.50. The van der Waals surface area contributed by atoms with E-state index in [-0.39, 0.29) is 5.78 Å². The van der Waals surface area contributed by atoms with E-state index in [9.17, 15) is 4.79 Å². The third-order valence-electron chi connectivity index (χ3n) is 4.06. The molecule has 0 amide bonds. The zero-order valence-electron chi connectivity index (χ0n) is 11.9. The molecule has 0 fully saturated rings. The number of carbonyl (C=O) groups is 1. The Hall–Kier alpha value is -1.74. The van der Waals surface area contributed by atoms with Crippen LogP contribution < -0.4 is 5.73 Å². The zero-order chi connectivity index (χ0) is 14.3. The Morgan fingerprint density at radius 3 is 2.37 bits per heavy atom. The lowest BCUT2D eigenvalue weighted by Crippen LogP contribution is -2.51. The van der Waals surface area contributed by atoms with Gasteiger partial charge in [0.15, 0.2) is 5.78 Å². The van der Waals surface area contributed by atoms with Crippen LogP contribution in [0.4, 0.5) is 0 Å². The van der Waals surface area contributed by atoms with Gasteiger partial charge in [-0.25, -0.2) is 0 Å². The maximum Gasteiger partial charge on any atom is 0.172 e. The SMILES string of the molecule is CC(C)(N)C(C)(C)C(=O)c1cccc2cccnc12. The average Bonchev–Trinajstić information content (AvgIpc) is 2.36. The molecule has 0 aliphatic rings. The number of fused-ring (bicyclic) bond motifs is 1. The second-order valence-corrected chi connectivity index (χ2v) is 6.06. The molecular formula is C16H20N2O. The summed E-state index contributed by atoms with van der Waals surface area (Å²) in [6.45, 7) is 7.53. The van der Waals surface area contributed by atoms with Crippen LogP contribution in [0, 0.1) is 5.41 Å². The third kappa shape index (κ3) is 2.26. The van der Waals surface area contributed by atoms with E-state index >= 15 is 0 Å². The number of Topliss-reactive ketones (excluding diaryl/α,β-unsaturated/α-hetero) is 1. The molecule has 0 aliphatic heterocycles. The molecule has 1 aromatic carbocycles. The summed E-state index contributed by atoms with van der Waals surface area (Å²) in [5.74, 6) is 0.0318. The predicted octanol–water partition coefficient (Wildman–Crippen LogP) is 3.18. The van der Waals surface area contributed by atoms with E-state index in [0.29, 0.717) is 5.56 Å². The number of hydrogen-bond acceptors (Lipinski definition) is 3. The highest BCUT2D eigenvalue weighted by Gasteiger charge is 2.41. The first-order chi connectivity index (χ1) is 8.75. The van der Waals surface area contributed by atoms with E-state index in [1.54, 1.807) is 6.20 Å². The molecule has 100 valence electrons. The molecule has 0 bridgehead atoms. The van der Waals surface area contributed by atoms with Crippen LogP contribution in [0.5, 0.6) is 0 Å². The molecular weight excluding hydrogens is 236 g/mol. The number of rotatable bonds is 3. The maximum atomic E-state index is 12.8. The molecule has 0 spiro atoms. The van der Waals surface area contributed by atoms with Crippen molar-refractivity contribution >= 4 is 16.7 Å². The molecule has 2 rings (SSSR count). The molecule has 0 unspecified atom stereocenters. The van der Waals surface area contributed by atoms with Crippen LogP contribution in [0.15, 0.2) is 36.5 Å². The molecule has 3 heteroatoms. The van der Waals surface area contributed by atoms with Crippen LogP contribution in [-0.2, 0) is 0 Å². The van der Waals surface area contributed by atoms with Crippen molar-refractivity contribution in [3.63, 3.8) is 0 Å². The Morgan fingerprint density at radius 1 is 1.11 bits per heavy atom. The standard InChI is InChI=1S/C16H20N2O/c1-15(2,16(3,4)17)14(19)12-9-5-7-11-8-6-10-18-13(11)12/h5-10H,17H2,1-4H3. The molecule has 0 saturated carbocycles. The fraction of sp³-hybridized carbons (Fsp3) is 0.375. The van der Waals surface area contributed by atoms with Crippen molar-refractivity contribution < 1.29 is 4.79 Å². The van der Waals surface area contributed by atoms with Crippen molar-refractivity contribution in [2.45, 2.75) is 33.2 Å². The number of aromatic nitrogens is 1. The molecule has 1 heterocycles. The summed E-state index contributed by atoms with van der Waals surface area (Å²) in [5, 5.41) is 0.971. The van der Waals surface area contributed by atoms with E-state index < -0.39 is 11.0 Å². The van der Waals surface area contributed by atoms with Gasteiger partial charge in [0.25, 0.3) is 0 Å². The Kier molecular flexibility index (Phi) is 3.19. The van der Waals surface area contributed by atoms with E-state index in [0.717, 1.165) is 10.9 Å². The minimum absolute atomic E-state index is 0.0318. The lowest BCUT2D eigenvalue weighted by Gasteiger charge is -2.37. The van der Waals surface area contributed by atoms with Gasteiger partial charge in [-0.1, -0.05) is 32.0 Å². The quantitative estimate of drug-likeness (QED) is 0.858. The van der Waals surface area contributed by atoms with Gasteiger partial charge in [0, 0.05) is 28.1 Å². The number of pyridine rings is 1. The molecule has 0 aliphatic carbocycles. The van der Waals surface area contributed by atoms with Crippen LogP contribution in [0.1, 0.15) is 38.1 Å². The number of nitrogens with two attached hydrogens (primary N) is 1. The van der Waals surface area contributed by atoms with Crippen LogP contribution >= 0.6 is 0 Å². The van der Waals surface area contributed by atoms with Crippen molar-refractivity contribution in [1.82, 2.24) is 4.98 Å². The molecule has 2 aromatic rings. The highest BCUT2D eigenvalue weighted by atomic mass is 16.1. The lowest BCUT2D eigenvalue weighted by molar-refractivity contribution is 0.0736. The monoisotopic (exact) mass is 256 g/mol. The van der Waals surface area contributed by atoms with Gasteiger partial charge in [0.1, 0.15) is 0 Å². The fourth-order valence-electron chi connectivity index (χ4n) is 1.92. The summed E-state index contributed by atoms with van der Waals surface area (Å²) < 4.78 is 0. The Labute approximate surface area is 113 Å². The number of hydrogen-bond donors (Lipinski definition) is 1. The summed E-state index contributed by atoms with van der Waals surface area (Å²) in [7, 11) is 0. The Balaban J connectivity index is 2.60. The minimum Gasteiger partial charge on any atom is -0.325 e. The molecule has 3 nitrogen and oxygen atoms in total. The molecule has 2 N–H and O–H groups in total. The van der Waals surface area contributed by atoms with E-state index in [1.165, 1.54) is 0 Å². The van der Waals surface area contributed by atoms with E-state index in [1.807, 2.05) is 58.0 Å². The van der Waals surface area contributed by atoms with Crippen molar-refractivity contribution in [3.8, 4) is 0 Å². The van der Waals surface area contributed by atoms with Gasteiger partial charge in [-0.05, 0) is 26.0 Å². The van der Waals surface area contributed by atoms with Gasteiger partial charge in [0.2, 0.25) is 0 Å². The average molecular weight is 256 g/mol. The first-order valence-electron chi connectivity index (χ1n) is 6.42. The number of carbonyl (C=O) groups excluding carboxylic acids is 1. The number of nitrogens with zero attached hydrogens (tertiary/aromatic N) is 1. The minimum atomic E-state index is -0.654. The third-order valence-corrected chi connectivity index (χ3v) is 4.06. The van der Waals surface area contributed by atoms with Crippen molar-refractivity contribution in [1.29, 1.82) is 0 Å². The highest BCUT2D eigenvalue weighted by molar-refractivity contribution is 6.09. The van der Waals surface area contributed by atoms with Crippen LogP contribution in [-0.4, -0.2) is 16.3 Å². The first-order valence-corrected chi connectivity index (χ1v) is 6.42. The van der Waals surface area contributed by atoms with Gasteiger partial charge in [0.05, 0.1) is 5.52 Å². The van der Waals surface area contributed by atoms with Gasteiger partial charge in [-0.15, -0.1) is 0 Å². The highest BCUT2D eigenvalue weighted by Crippen LogP contribution is 2.33. The van der Waals surface area contributed by atoms with Gasteiger partial charge in [-0.3, -0.25) is 9.78 Å². The normalized spacial score (nSPS) is 12.7. The second-order valence-electron chi connectivity index (χ2n) is 6.06. The zero-order valence-corrected chi connectivity index (χ0v) is 11.9. The van der Waals surface area contributed by atoms with Gasteiger partial charge in [-0.2, -0.15) is 0 Å². The summed E-state index contributed by atoms with van der Waals surface area (Å²) in [4.78, 5) is 17.1. The van der Waals surface area contributed by atoms with E-state index in [4.69, 9.17) is 5.73 Å². The Bertz CT molecular complexity index is 619. The maximum absolute atomic E-state index is 12.8. The predicted molar refractivity (Wildman–Crippen MR) is 78.1 cm³/mol. The van der Waals surface area contributed by atoms with Crippen LogP contribution in [0.25, 0.3) is 10.9 Å². The number of para-hydroxylation sites is 1. The molecule has 1 aromatic heterocycles. The van der Waals surface area contributed by atoms with Gasteiger partial charge >= 0.3 is 0 Å². The van der Waals surface area contributed by atoms with Crippen LogP contribution in [0.2, 0.25) is 0 Å². The van der Waals surface area contributed by atoms with Crippen LogP contribution in [0.3, 0.4) is 0 Å². The fourth-order valence-corrected chi connectivity index (χ4v) is 1.92. The summed E-state index contributed by atoms with van der Waals surface area (Å²) in [6.07, 6.45) is 1.71. The number of ketones is 1. The molecule has 0 atom stereocenters.